The highest BCUT2D eigenvalue weighted by Crippen LogP contribution is 2.50. The zero-order valence-electron chi connectivity index (χ0n) is 18.3. The molecule has 0 saturated carbocycles. The Morgan fingerprint density at radius 3 is 2.45 bits per heavy atom. The molecule has 2 aliphatic heterocycles. The van der Waals surface area contributed by atoms with E-state index in [9.17, 15) is 14.7 Å². The molecule has 0 aromatic heterocycles. The fourth-order valence-corrected chi connectivity index (χ4v) is 4.94. The standard InChI is InChI=1S/C25H29NO5/c1-24(2,3)22-21(27)19-15-18(30-16-17-7-5-4-6-8-17)9-10-20(19)31-25(22)11-13-26(14-12-25)23(28)29/h4-10,15,22H,11-14,16H2,1-3H3,(H,28,29). The van der Waals surface area contributed by atoms with Crippen LogP contribution >= 0.6 is 0 Å². The molecule has 2 aromatic carbocycles. The smallest absolute Gasteiger partial charge is 0.407 e. The van der Waals surface area contributed by atoms with Gasteiger partial charge in [0.05, 0.1) is 11.5 Å². The Bertz CT molecular complexity index is 971. The van der Waals surface area contributed by atoms with E-state index in [-0.39, 0.29) is 17.1 Å². The Balaban J connectivity index is 1.62. The number of Topliss-reactive ketones (excluding diaryl/α,β-unsaturated/α-hetero) is 1. The van der Waals surface area contributed by atoms with Gasteiger partial charge in [-0.15, -0.1) is 0 Å². The summed E-state index contributed by atoms with van der Waals surface area (Å²) in [6.45, 7) is 7.29. The number of carboxylic acid groups (broad SMARTS) is 1. The van der Waals surface area contributed by atoms with Gasteiger partial charge in [0, 0.05) is 25.9 Å². The van der Waals surface area contributed by atoms with Crippen molar-refractivity contribution in [3.05, 3.63) is 59.7 Å². The second-order valence-corrected chi connectivity index (χ2v) is 9.53. The van der Waals surface area contributed by atoms with Crippen molar-refractivity contribution < 1.29 is 24.2 Å². The molecule has 2 aromatic rings. The first-order chi connectivity index (χ1) is 14.7. The van der Waals surface area contributed by atoms with E-state index in [1.165, 1.54) is 4.90 Å². The Morgan fingerprint density at radius 2 is 1.84 bits per heavy atom. The zero-order valence-corrected chi connectivity index (χ0v) is 18.3. The van der Waals surface area contributed by atoms with Crippen LogP contribution in [0.5, 0.6) is 11.5 Å². The normalized spacial score (nSPS) is 20.2. The van der Waals surface area contributed by atoms with E-state index in [1.807, 2.05) is 57.2 Å². The van der Waals surface area contributed by atoms with Crippen LogP contribution in [0, 0.1) is 11.3 Å². The van der Waals surface area contributed by atoms with Crippen LogP contribution in [0.15, 0.2) is 48.5 Å². The number of hydrogen-bond donors (Lipinski definition) is 1. The predicted molar refractivity (Wildman–Crippen MR) is 117 cm³/mol. The Labute approximate surface area is 182 Å². The predicted octanol–water partition coefficient (Wildman–Crippen LogP) is 5.02. The molecular formula is C25H29NO5. The molecule has 1 fully saturated rings. The molecule has 1 N–H and O–H groups in total. The summed E-state index contributed by atoms with van der Waals surface area (Å²) < 4.78 is 12.4. The Hall–Kier alpha value is -3.02. The van der Waals surface area contributed by atoms with Crippen LogP contribution in [-0.2, 0) is 6.61 Å². The number of likely N-dealkylation sites (tertiary alicyclic amines) is 1. The van der Waals surface area contributed by atoms with Crippen LogP contribution in [0.25, 0.3) is 0 Å². The van der Waals surface area contributed by atoms with Gasteiger partial charge in [-0.3, -0.25) is 4.79 Å². The number of hydrogen-bond acceptors (Lipinski definition) is 4. The summed E-state index contributed by atoms with van der Waals surface area (Å²) in [5, 5.41) is 9.33. The SMILES string of the molecule is CC(C)(C)C1C(=O)c2cc(OCc3ccccc3)ccc2OC12CCN(C(=O)O)CC2. The van der Waals surface area contributed by atoms with Crippen LogP contribution in [0.1, 0.15) is 49.5 Å². The average molecular weight is 424 g/mol. The summed E-state index contributed by atoms with van der Waals surface area (Å²) in [5.74, 6) is 0.862. The molecule has 0 bridgehead atoms. The number of amides is 1. The van der Waals surface area contributed by atoms with Crippen molar-refractivity contribution in [3.63, 3.8) is 0 Å². The van der Waals surface area contributed by atoms with Gasteiger partial charge < -0.3 is 19.5 Å². The van der Waals surface area contributed by atoms with Crippen molar-refractivity contribution in [2.45, 2.75) is 45.8 Å². The summed E-state index contributed by atoms with van der Waals surface area (Å²) in [6.07, 6.45) is 0.0714. The molecular weight excluding hydrogens is 394 g/mol. The van der Waals surface area contributed by atoms with Gasteiger partial charge in [-0.1, -0.05) is 51.1 Å². The van der Waals surface area contributed by atoms with E-state index in [4.69, 9.17) is 9.47 Å². The van der Waals surface area contributed by atoms with E-state index in [1.54, 1.807) is 12.1 Å². The third-order valence-electron chi connectivity index (χ3n) is 6.31. The number of ether oxygens (including phenoxy) is 2. The number of piperidine rings is 1. The van der Waals surface area contributed by atoms with E-state index in [2.05, 4.69) is 0 Å². The molecule has 164 valence electrons. The lowest BCUT2D eigenvalue weighted by Crippen LogP contribution is -2.60. The minimum Gasteiger partial charge on any atom is -0.489 e. The van der Waals surface area contributed by atoms with Gasteiger partial charge in [0.1, 0.15) is 23.7 Å². The van der Waals surface area contributed by atoms with Crippen LogP contribution in [-0.4, -0.2) is 40.6 Å². The van der Waals surface area contributed by atoms with Gasteiger partial charge in [0.15, 0.2) is 5.78 Å². The van der Waals surface area contributed by atoms with E-state index < -0.39 is 11.7 Å². The maximum atomic E-state index is 13.7. The summed E-state index contributed by atoms with van der Waals surface area (Å²) >= 11 is 0. The first-order valence-corrected chi connectivity index (χ1v) is 10.7. The van der Waals surface area contributed by atoms with Gasteiger partial charge in [-0.2, -0.15) is 0 Å². The van der Waals surface area contributed by atoms with Crippen molar-refractivity contribution in [1.82, 2.24) is 4.90 Å². The zero-order chi connectivity index (χ0) is 22.2. The van der Waals surface area contributed by atoms with E-state index >= 15 is 0 Å². The highest BCUT2D eigenvalue weighted by Gasteiger charge is 2.55. The van der Waals surface area contributed by atoms with Gasteiger partial charge in [0.2, 0.25) is 0 Å². The molecule has 1 amide bonds. The van der Waals surface area contributed by atoms with Crippen molar-refractivity contribution in [2.24, 2.45) is 11.3 Å². The second kappa shape index (κ2) is 7.91. The molecule has 1 saturated heterocycles. The second-order valence-electron chi connectivity index (χ2n) is 9.53. The lowest BCUT2D eigenvalue weighted by molar-refractivity contribution is -0.0696. The topological polar surface area (TPSA) is 76.1 Å². The number of carbonyl (C=O) groups excluding carboxylic acids is 1. The van der Waals surface area contributed by atoms with Gasteiger partial charge >= 0.3 is 6.09 Å². The van der Waals surface area contributed by atoms with Gasteiger partial charge in [-0.25, -0.2) is 4.79 Å². The maximum absolute atomic E-state index is 13.7. The summed E-state index contributed by atoms with van der Waals surface area (Å²) in [4.78, 5) is 26.5. The van der Waals surface area contributed by atoms with Crippen LogP contribution in [0.2, 0.25) is 0 Å². The Kier molecular flexibility index (Phi) is 5.42. The number of carbonyl (C=O) groups is 2. The minimum atomic E-state index is -0.926. The average Bonchev–Trinajstić information content (AvgIpc) is 2.72. The number of fused-ring (bicyclic) bond motifs is 1. The molecule has 6 heteroatoms. The summed E-state index contributed by atoms with van der Waals surface area (Å²) in [7, 11) is 0. The van der Waals surface area contributed by atoms with Crippen molar-refractivity contribution in [2.75, 3.05) is 13.1 Å². The fourth-order valence-electron chi connectivity index (χ4n) is 4.94. The van der Waals surface area contributed by atoms with E-state index in [0.29, 0.717) is 49.6 Å². The number of ketones is 1. The first-order valence-electron chi connectivity index (χ1n) is 10.7. The largest absolute Gasteiger partial charge is 0.489 e. The summed E-state index contributed by atoms with van der Waals surface area (Å²) in [5.41, 5.74) is 0.568. The lowest BCUT2D eigenvalue weighted by atomic mass is 9.62. The molecule has 2 aliphatic rings. The quantitative estimate of drug-likeness (QED) is 0.751. The molecule has 31 heavy (non-hydrogen) atoms. The molecule has 2 heterocycles. The third-order valence-corrected chi connectivity index (χ3v) is 6.31. The molecule has 1 unspecified atom stereocenters. The Morgan fingerprint density at radius 1 is 1.16 bits per heavy atom. The first kappa shape index (κ1) is 21.2. The molecule has 0 aliphatic carbocycles. The van der Waals surface area contributed by atoms with Gasteiger partial charge in [0.25, 0.3) is 0 Å². The number of benzene rings is 2. The molecule has 0 radical (unpaired) electrons. The van der Waals surface area contributed by atoms with Gasteiger partial charge in [-0.05, 0) is 29.2 Å². The van der Waals surface area contributed by atoms with Crippen molar-refractivity contribution >= 4 is 11.9 Å². The number of rotatable bonds is 3. The van der Waals surface area contributed by atoms with E-state index in [0.717, 1.165) is 5.56 Å². The minimum absolute atomic E-state index is 0.0442. The fraction of sp³-hybridized carbons (Fsp3) is 0.440. The third kappa shape index (κ3) is 4.11. The molecule has 1 atom stereocenters. The van der Waals surface area contributed by atoms with Crippen molar-refractivity contribution in [3.8, 4) is 11.5 Å². The maximum Gasteiger partial charge on any atom is 0.407 e. The lowest BCUT2D eigenvalue weighted by Gasteiger charge is -2.51. The van der Waals surface area contributed by atoms with Crippen LogP contribution < -0.4 is 9.47 Å². The molecule has 1 spiro atoms. The van der Waals surface area contributed by atoms with Crippen LogP contribution in [0.3, 0.4) is 0 Å². The van der Waals surface area contributed by atoms with Crippen molar-refractivity contribution in [1.29, 1.82) is 0 Å². The van der Waals surface area contributed by atoms with Crippen LogP contribution in [0.4, 0.5) is 4.79 Å². The summed E-state index contributed by atoms with van der Waals surface area (Å²) in [6, 6.07) is 15.3. The highest BCUT2D eigenvalue weighted by molar-refractivity contribution is 6.03. The highest BCUT2D eigenvalue weighted by atomic mass is 16.5. The monoisotopic (exact) mass is 423 g/mol. The number of nitrogens with zero attached hydrogens (tertiary/aromatic N) is 1. The molecule has 6 nitrogen and oxygen atoms in total. The molecule has 4 rings (SSSR count).